The summed E-state index contributed by atoms with van der Waals surface area (Å²) in [6.07, 6.45) is -2.10. The first kappa shape index (κ1) is 12.9. The van der Waals surface area contributed by atoms with Crippen molar-refractivity contribution in [1.82, 2.24) is 0 Å². The van der Waals surface area contributed by atoms with E-state index in [9.17, 15) is 18.0 Å². The van der Waals surface area contributed by atoms with Crippen LogP contribution in [0.1, 0.15) is 43.2 Å². The number of unbranched alkanes of at least 4 members (excludes halogenated alkanes) is 1. The van der Waals surface area contributed by atoms with Gasteiger partial charge in [-0.3, -0.25) is 4.79 Å². The van der Waals surface area contributed by atoms with Crippen molar-refractivity contribution in [2.75, 3.05) is 5.32 Å². The summed E-state index contributed by atoms with van der Waals surface area (Å²) in [7, 11) is 0. The third-order valence-corrected chi connectivity index (χ3v) is 3.19. The average molecular weight is 257 g/mol. The van der Waals surface area contributed by atoms with Crippen molar-refractivity contribution in [3.63, 3.8) is 0 Å². The summed E-state index contributed by atoms with van der Waals surface area (Å²) in [4.78, 5) is 11.7. The van der Waals surface area contributed by atoms with Gasteiger partial charge in [-0.1, -0.05) is 31.9 Å². The lowest BCUT2D eigenvalue weighted by molar-refractivity contribution is -0.136. The topological polar surface area (TPSA) is 29.1 Å². The maximum Gasteiger partial charge on any atom is 0.418 e. The number of alkyl halides is 3. The Morgan fingerprint density at radius 3 is 2.67 bits per heavy atom. The number of hydrogen-bond donors (Lipinski definition) is 1. The molecule has 0 aliphatic carbocycles. The molecule has 1 N–H and O–H groups in total. The highest BCUT2D eigenvalue weighted by Crippen LogP contribution is 2.43. The molecule has 0 saturated heterocycles. The van der Waals surface area contributed by atoms with Crippen LogP contribution in [0.25, 0.3) is 0 Å². The van der Waals surface area contributed by atoms with Crippen molar-refractivity contribution >= 4 is 11.6 Å². The Hall–Kier alpha value is -1.52. The van der Waals surface area contributed by atoms with E-state index in [1.807, 2.05) is 6.92 Å². The predicted molar refractivity (Wildman–Crippen MR) is 62.3 cm³/mol. The van der Waals surface area contributed by atoms with E-state index in [0.29, 0.717) is 12.0 Å². The van der Waals surface area contributed by atoms with E-state index < -0.39 is 17.7 Å². The van der Waals surface area contributed by atoms with Crippen LogP contribution in [-0.4, -0.2) is 5.91 Å². The van der Waals surface area contributed by atoms with Crippen LogP contribution < -0.4 is 5.32 Å². The van der Waals surface area contributed by atoms with Crippen LogP contribution in [0.4, 0.5) is 18.9 Å². The number of carbonyl (C=O) groups is 1. The van der Waals surface area contributed by atoms with Crippen LogP contribution in [0.2, 0.25) is 0 Å². The van der Waals surface area contributed by atoms with Crippen molar-refractivity contribution in [2.24, 2.45) is 0 Å². The second-order valence-corrected chi connectivity index (χ2v) is 4.45. The normalized spacial score (nSPS) is 18.7. The predicted octanol–water partition coefficient (Wildman–Crippen LogP) is 3.93. The molecular formula is C13H14F3NO. The van der Waals surface area contributed by atoms with E-state index in [-0.39, 0.29) is 11.6 Å². The fourth-order valence-electron chi connectivity index (χ4n) is 2.28. The number of amides is 1. The second kappa shape index (κ2) is 4.63. The molecule has 1 aliphatic heterocycles. The maximum absolute atomic E-state index is 12.8. The second-order valence-electron chi connectivity index (χ2n) is 4.45. The lowest BCUT2D eigenvalue weighted by atomic mass is 9.93. The number of rotatable bonds is 3. The van der Waals surface area contributed by atoms with Gasteiger partial charge in [0.15, 0.2) is 0 Å². The molecule has 18 heavy (non-hydrogen) atoms. The zero-order valence-corrected chi connectivity index (χ0v) is 9.97. The quantitative estimate of drug-likeness (QED) is 0.873. The fourth-order valence-corrected chi connectivity index (χ4v) is 2.28. The summed E-state index contributed by atoms with van der Waals surface area (Å²) in [5.41, 5.74) is -0.341. The number of nitrogens with one attached hydrogen (secondary N) is 1. The van der Waals surface area contributed by atoms with E-state index in [1.54, 1.807) is 6.07 Å². The van der Waals surface area contributed by atoms with Crippen LogP contribution in [-0.2, 0) is 11.0 Å². The molecule has 0 spiro atoms. The van der Waals surface area contributed by atoms with Crippen LogP contribution >= 0.6 is 0 Å². The summed E-state index contributed by atoms with van der Waals surface area (Å²) in [5.74, 6) is -0.766. The molecule has 5 heteroatoms. The molecule has 2 nitrogen and oxygen atoms in total. The minimum Gasteiger partial charge on any atom is -0.325 e. The van der Waals surface area contributed by atoms with Gasteiger partial charge in [0.2, 0.25) is 5.91 Å². The third kappa shape index (κ3) is 2.21. The number of carbonyl (C=O) groups excluding carboxylic acids is 1. The Morgan fingerprint density at radius 2 is 2.06 bits per heavy atom. The molecule has 0 bridgehead atoms. The van der Waals surface area contributed by atoms with Crippen LogP contribution in [0, 0.1) is 0 Å². The minimum atomic E-state index is -4.43. The molecule has 1 aliphatic rings. The Morgan fingerprint density at radius 1 is 1.33 bits per heavy atom. The van der Waals surface area contributed by atoms with Crippen molar-refractivity contribution in [3.8, 4) is 0 Å². The fraction of sp³-hybridized carbons (Fsp3) is 0.462. The first-order valence-electron chi connectivity index (χ1n) is 5.96. The van der Waals surface area contributed by atoms with E-state index in [4.69, 9.17) is 0 Å². The van der Waals surface area contributed by atoms with E-state index in [0.717, 1.165) is 18.9 Å². The molecule has 0 aromatic heterocycles. The lowest BCUT2D eigenvalue weighted by Crippen LogP contribution is -2.13. The number of halogens is 3. The molecule has 2 rings (SSSR count). The van der Waals surface area contributed by atoms with Gasteiger partial charge in [-0.15, -0.1) is 0 Å². The van der Waals surface area contributed by atoms with Gasteiger partial charge in [0.1, 0.15) is 0 Å². The Bertz CT molecular complexity index is 468. The smallest absolute Gasteiger partial charge is 0.325 e. The molecule has 1 aromatic carbocycles. The van der Waals surface area contributed by atoms with Crippen LogP contribution in [0.3, 0.4) is 0 Å². The van der Waals surface area contributed by atoms with Gasteiger partial charge in [0.25, 0.3) is 0 Å². The van der Waals surface area contributed by atoms with Crippen molar-refractivity contribution < 1.29 is 18.0 Å². The van der Waals surface area contributed by atoms with E-state index >= 15 is 0 Å². The Kier molecular flexibility index (Phi) is 3.32. The Labute approximate surface area is 103 Å². The molecule has 0 saturated carbocycles. The molecule has 1 atom stereocenters. The zero-order valence-electron chi connectivity index (χ0n) is 9.97. The Balaban J connectivity index is 2.39. The summed E-state index contributed by atoms with van der Waals surface area (Å²) < 4.78 is 38.4. The first-order chi connectivity index (χ1) is 8.45. The van der Waals surface area contributed by atoms with Gasteiger partial charge in [-0.05, 0) is 18.1 Å². The van der Waals surface area contributed by atoms with E-state index in [1.165, 1.54) is 6.07 Å². The van der Waals surface area contributed by atoms with E-state index in [2.05, 4.69) is 5.32 Å². The van der Waals surface area contributed by atoms with Crippen LogP contribution in [0.15, 0.2) is 18.2 Å². The molecule has 1 aromatic rings. The van der Waals surface area contributed by atoms with Gasteiger partial charge < -0.3 is 5.32 Å². The lowest BCUT2D eigenvalue weighted by Gasteiger charge is -2.12. The van der Waals surface area contributed by atoms with Gasteiger partial charge in [-0.2, -0.15) is 13.2 Å². The highest BCUT2D eigenvalue weighted by atomic mass is 19.4. The highest BCUT2D eigenvalue weighted by Gasteiger charge is 2.39. The van der Waals surface area contributed by atoms with Gasteiger partial charge in [0, 0.05) is 0 Å². The van der Waals surface area contributed by atoms with Crippen molar-refractivity contribution in [3.05, 3.63) is 29.3 Å². The number of fused-ring (bicyclic) bond motifs is 1. The SMILES string of the molecule is CCCCC1C(=O)Nc2c1cccc2C(F)(F)F. The molecule has 98 valence electrons. The summed E-state index contributed by atoms with van der Waals surface area (Å²) in [6.45, 7) is 1.99. The number of hydrogen-bond acceptors (Lipinski definition) is 1. The molecule has 1 heterocycles. The van der Waals surface area contributed by atoms with Gasteiger partial charge >= 0.3 is 6.18 Å². The molecular weight excluding hydrogens is 243 g/mol. The maximum atomic E-state index is 12.8. The first-order valence-corrected chi connectivity index (χ1v) is 5.96. The molecule has 0 fully saturated rings. The van der Waals surface area contributed by atoms with Crippen molar-refractivity contribution in [2.45, 2.75) is 38.3 Å². The monoisotopic (exact) mass is 257 g/mol. The van der Waals surface area contributed by atoms with Gasteiger partial charge in [0.05, 0.1) is 17.2 Å². The number of benzene rings is 1. The summed E-state index contributed by atoms with van der Waals surface area (Å²) >= 11 is 0. The molecule has 0 radical (unpaired) electrons. The largest absolute Gasteiger partial charge is 0.418 e. The van der Waals surface area contributed by atoms with Gasteiger partial charge in [-0.25, -0.2) is 0 Å². The number of anilines is 1. The number of para-hydroxylation sites is 1. The molecule has 1 unspecified atom stereocenters. The third-order valence-electron chi connectivity index (χ3n) is 3.19. The standard InChI is InChI=1S/C13H14F3NO/c1-2-3-5-9-8-6-4-7-10(13(14,15)16)11(8)17-12(9)18/h4,6-7,9H,2-3,5H2,1H3,(H,17,18). The highest BCUT2D eigenvalue weighted by molar-refractivity contribution is 6.03. The van der Waals surface area contributed by atoms with Crippen molar-refractivity contribution in [1.29, 1.82) is 0 Å². The molecule has 1 amide bonds. The summed E-state index contributed by atoms with van der Waals surface area (Å²) in [5, 5.41) is 2.37. The zero-order chi connectivity index (χ0) is 13.3. The minimum absolute atomic E-state index is 0.0592. The summed E-state index contributed by atoms with van der Waals surface area (Å²) in [6, 6.07) is 3.96. The van der Waals surface area contributed by atoms with Crippen LogP contribution in [0.5, 0.6) is 0 Å². The average Bonchev–Trinajstić information content (AvgIpc) is 2.60.